The maximum absolute atomic E-state index is 12.6. The van der Waals surface area contributed by atoms with Gasteiger partial charge in [-0.1, -0.05) is 37.5 Å². The van der Waals surface area contributed by atoms with E-state index in [0.29, 0.717) is 29.7 Å². The SMILES string of the molecule is O=C(OCCOc1ccc(C(=O)C2(O)CCCCC2)cc1)c1ccccc1. The van der Waals surface area contributed by atoms with Gasteiger partial charge in [-0.3, -0.25) is 4.79 Å². The number of benzene rings is 2. The number of carbonyl (C=O) groups excluding carboxylic acids is 2. The van der Waals surface area contributed by atoms with E-state index in [0.717, 1.165) is 19.3 Å². The second-order valence-electron chi connectivity index (χ2n) is 6.80. The Morgan fingerprint density at radius 1 is 0.852 bits per heavy atom. The molecule has 5 nitrogen and oxygen atoms in total. The van der Waals surface area contributed by atoms with Gasteiger partial charge < -0.3 is 14.6 Å². The average molecular weight is 368 g/mol. The Labute approximate surface area is 158 Å². The van der Waals surface area contributed by atoms with Gasteiger partial charge in [0, 0.05) is 5.56 Å². The summed E-state index contributed by atoms with van der Waals surface area (Å²) in [6.07, 6.45) is 3.88. The summed E-state index contributed by atoms with van der Waals surface area (Å²) in [5.41, 5.74) is -0.241. The summed E-state index contributed by atoms with van der Waals surface area (Å²) in [5, 5.41) is 10.6. The average Bonchev–Trinajstić information content (AvgIpc) is 2.72. The lowest BCUT2D eigenvalue weighted by Crippen LogP contribution is -2.40. The highest BCUT2D eigenvalue weighted by molar-refractivity contribution is 6.02. The molecule has 1 saturated carbocycles. The van der Waals surface area contributed by atoms with Crippen LogP contribution in [0.4, 0.5) is 0 Å². The van der Waals surface area contributed by atoms with Crippen LogP contribution in [0, 0.1) is 0 Å². The predicted molar refractivity (Wildman–Crippen MR) is 101 cm³/mol. The number of rotatable bonds is 7. The molecule has 0 saturated heterocycles. The minimum atomic E-state index is -1.23. The first-order valence-electron chi connectivity index (χ1n) is 9.31. The lowest BCUT2D eigenvalue weighted by atomic mass is 9.79. The van der Waals surface area contributed by atoms with E-state index in [1.165, 1.54) is 0 Å². The number of carbonyl (C=O) groups is 2. The Morgan fingerprint density at radius 3 is 2.19 bits per heavy atom. The summed E-state index contributed by atoms with van der Waals surface area (Å²) in [4.78, 5) is 24.4. The van der Waals surface area contributed by atoms with E-state index in [-0.39, 0.29) is 25.0 Å². The summed E-state index contributed by atoms with van der Waals surface area (Å²) in [6, 6.07) is 15.5. The molecule has 0 aromatic heterocycles. The maximum Gasteiger partial charge on any atom is 0.338 e. The third-order valence-corrected chi connectivity index (χ3v) is 4.81. The Balaban J connectivity index is 1.46. The van der Waals surface area contributed by atoms with Gasteiger partial charge in [0.2, 0.25) is 0 Å². The van der Waals surface area contributed by atoms with Crippen LogP contribution in [0.2, 0.25) is 0 Å². The van der Waals surface area contributed by atoms with Gasteiger partial charge in [0.25, 0.3) is 0 Å². The molecule has 0 amide bonds. The largest absolute Gasteiger partial charge is 0.490 e. The van der Waals surface area contributed by atoms with Crippen LogP contribution >= 0.6 is 0 Å². The standard InChI is InChI=1S/C22H24O5/c23-20(22(25)13-5-2-6-14-22)17-9-11-19(12-10-17)26-15-16-27-21(24)18-7-3-1-4-8-18/h1,3-4,7-12,25H,2,5-6,13-16H2. The van der Waals surface area contributed by atoms with E-state index >= 15 is 0 Å². The van der Waals surface area contributed by atoms with E-state index in [9.17, 15) is 14.7 Å². The van der Waals surface area contributed by atoms with Crippen LogP contribution < -0.4 is 4.74 Å². The molecule has 1 aliphatic rings. The Morgan fingerprint density at radius 2 is 1.52 bits per heavy atom. The molecule has 0 aliphatic heterocycles. The van der Waals surface area contributed by atoms with Crippen molar-refractivity contribution in [1.82, 2.24) is 0 Å². The third-order valence-electron chi connectivity index (χ3n) is 4.81. The number of aliphatic hydroxyl groups is 1. The minimum Gasteiger partial charge on any atom is -0.490 e. The Kier molecular flexibility index (Phi) is 6.24. The topological polar surface area (TPSA) is 72.8 Å². The van der Waals surface area contributed by atoms with Gasteiger partial charge in [-0.2, -0.15) is 0 Å². The van der Waals surface area contributed by atoms with E-state index in [4.69, 9.17) is 9.47 Å². The number of esters is 1. The third kappa shape index (κ3) is 4.95. The van der Waals surface area contributed by atoms with Gasteiger partial charge in [0.05, 0.1) is 5.56 Å². The Bertz CT molecular complexity index is 761. The van der Waals surface area contributed by atoms with Crippen molar-refractivity contribution >= 4 is 11.8 Å². The van der Waals surface area contributed by atoms with Crippen LogP contribution in [0.3, 0.4) is 0 Å². The van der Waals surface area contributed by atoms with Crippen molar-refractivity contribution in [3.63, 3.8) is 0 Å². The second-order valence-corrected chi connectivity index (χ2v) is 6.80. The zero-order valence-electron chi connectivity index (χ0n) is 15.2. The van der Waals surface area contributed by atoms with E-state index in [1.807, 2.05) is 6.07 Å². The number of hydrogen-bond donors (Lipinski definition) is 1. The fourth-order valence-electron chi connectivity index (χ4n) is 3.29. The van der Waals surface area contributed by atoms with Crippen molar-refractivity contribution < 1.29 is 24.2 Å². The van der Waals surface area contributed by atoms with Gasteiger partial charge in [-0.05, 0) is 49.2 Å². The van der Waals surface area contributed by atoms with E-state index < -0.39 is 5.60 Å². The van der Waals surface area contributed by atoms with Gasteiger partial charge >= 0.3 is 5.97 Å². The molecule has 2 aromatic carbocycles. The predicted octanol–water partition coefficient (Wildman–Crippen LogP) is 3.80. The van der Waals surface area contributed by atoms with Gasteiger partial charge in [0.15, 0.2) is 5.78 Å². The quantitative estimate of drug-likeness (QED) is 0.457. The summed E-state index contributed by atoms with van der Waals surface area (Å²) >= 11 is 0. The first-order valence-corrected chi connectivity index (χ1v) is 9.31. The van der Waals surface area contributed by atoms with Crippen LogP contribution in [-0.4, -0.2) is 35.7 Å². The Hall–Kier alpha value is -2.66. The monoisotopic (exact) mass is 368 g/mol. The zero-order chi connectivity index (χ0) is 19.1. The zero-order valence-corrected chi connectivity index (χ0v) is 15.2. The molecule has 5 heteroatoms. The number of ketones is 1. The maximum atomic E-state index is 12.6. The fraction of sp³-hybridized carbons (Fsp3) is 0.364. The molecule has 0 atom stereocenters. The highest BCUT2D eigenvalue weighted by Gasteiger charge is 2.37. The van der Waals surface area contributed by atoms with Crippen molar-refractivity contribution in [2.45, 2.75) is 37.7 Å². The molecule has 0 radical (unpaired) electrons. The molecule has 0 heterocycles. The molecule has 142 valence electrons. The molecule has 1 aliphatic carbocycles. The van der Waals surface area contributed by atoms with Crippen molar-refractivity contribution in [3.05, 3.63) is 65.7 Å². The van der Waals surface area contributed by atoms with E-state index in [2.05, 4.69) is 0 Å². The second kappa shape index (κ2) is 8.82. The fourth-order valence-corrected chi connectivity index (χ4v) is 3.29. The van der Waals surface area contributed by atoms with Crippen LogP contribution in [0.25, 0.3) is 0 Å². The lowest BCUT2D eigenvalue weighted by molar-refractivity contribution is 0.0116. The summed E-state index contributed by atoms with van der Waals surface area (Å²) in [7, 11) is 0. The molecular weight excluding hydrogens is 344 g/mol. The van der Waals surface area contributed by atoms with Crippen LogP contribution in [-0.2, 0) is 4.74 Å². The molecule has 1 fully saturated rings. The van der Waals surface area contributed by atoms with Crippen LogP contribution in [0.15, 0.2) is 54.6 Å². The van der Waals surface area contributed by atoms with Gasteiger partial charge in [-0.15, -0.1) is 0 Å². The minimum absolute atomic E-state index is 0.133. The summed E-state index contributed by atoms with van der Waals surface area (Å²) in [6.45, 7) is 0.351. The van der Waals surface area contributed by atoms with Crippen LogP contribution in [0.1, 0.15) is 52.8 Å². The molecule has 0 spiro atoms. The molecule has 0 bridgehead atoms. The summed E-state index contributed by atoms with van der Waals surface area (Å²) in [5.74, 6) is -0.0237. The molecule has 2 aromatic rings. The van der Waals surface area contributed by atoms with Crippen LogP contribution in [0.5, 0.6) is 5.75 Å². The van der Waals surface area contributed by atoms with Crippen molar-refractivity contribution in [2.75, 3.05) is 13.2 Å². The van der Waals surface area contributed by atoms with Crippen molar-refractivity contribution in [1.29, 1.82) is 0 Å². The van der Waals surface area contributed by atoms with Gasteiger partial charge in [-0.25, -0.2) is 4.79 Å². The highest BCUT2D eigenvalue weighted by Crippen LogP contribution is 2.31. The van der Waals surface area contributed by atoms with Crippen molar-refractivity contribution in [2.24, 2.45) is 0 Å². The number of hydrogen-bond acceptors (Lipinski definition) is 5. The number of Topliss-reactive ketones (excluding diaryl/α,β-unsaturated/α-hetero) is 1. The lowest BCUT2D eigenvalue weighted by Gasteiger charge is -2.30. The molecule has 1 N–H and O–H groups in total. The summed E-state index contributed by atoms with van der Waals surface area (Å²) < 4.78 is 10.7. The molecule has 0 unspecified atom stereocenters. The van der Waals surface area contributed by atoms with Gasteiger partial charge in [0.1, 0.15) is 24.6 Å². The van der Waals surface area contributed by atoms with Crippen molar-refractivity contribution in [3.8, 4) is 5.75 Å². The smallest absolute Gasteiger partial charge is 0.338 e. The first kappa shape index (κ1) is 19.1. The molecular formula is C22H24O5. The highest BCUT2D eigenvalue weighted by atomic mass is 16.6. The van der Waals surface area contributed by atoms with E-state index in [1.54, 1.807) is 48.5 Å². The molecule has 27 heavy (non-hydrogen) atoms. The normalized spacial score (nSPS) is 15.7. The first-order chi connectivity index (χ1) is 13.1. The molecule has 3 rings (SSSR count). The number of ether oxygens (including phenoxy) is 2.